The Morgan fingerprint density at radius 1 is 1.56 bits per heavy atom. The van der Waals surface area contributed by atoms with Gasteiger partial charge in [-0.3, -0.25) is 0 Å². The highest BCUT2D eigenvalue weighted by Crippen LogP contribution is 2.14. The largest absolute Gasteiger partial charge is 0.462 e. The first kappa shape index (κ1) is 11.0. The van der Waals surface area contributed by atoms with E-state index in [9.17, 15) is 4.79 Å². The van der Waals surface area contributed by atoms with Gasteiger partial charge >= 0.3 is 5.97 Å². The summed E-state index contributed by atoms with van der Waals surface area (Å²) in [6.07, 6.45) is 0.963. The second-order valence-corrected chi connectivity index (χ2v) is 3.95. The molecule has 16 heavy (non-hydrogen) atoms. The number of rotatable bonds is 3. The van der Waals surface area contributed by atoms with Crippen LogP contribution in [0, 0.1) is 5.92 Å². The normalized spacial score (nSPS) is 19.6. The highest BCUT2D eigenvalue weighted by atomic mass is 16.5. The number of hydrogen-bond donors (Lipinski definition) is 1. The summed E-state index contributed by atoms with van der Waals surface area (Å²) in [4.78, 5) is 11.6. The van der Waals surface area contributed by atoms with E-state index in [4.69, 9.17) is 15.2 Å². The van der Waals surface area contributed by atoms with Gasteiger partial charge in [0.25, 0.3) is 0 Å². The maximum atomic E-state index is 11.6. The van der Waals surface area contributed by atoms with Gasteiger partial charge in [0.2, 0.25) is 0 Å². The van der Waals surface area contributed by atoms with E-state index in [1.165, 1.54) is 0 Å². The Morgan fingerprint density at radius 3 is 3.12 bits per heavy atom. The number of anilines is 1. The van der Waals surface area contributed by atoms with E-state index < -0.39 is 0 Å². The van der Waals surface area contributed by atoms with Crippen LogP contribution in [0.2, 0.25) is 0 Å². The van der Waals surface area contributed by atoms with Crippen LogP contribution in [0.3, 0.4) is 0 Å². The monoisotopic (exact) mass is 221 g/mol. The number of carbonyl (C=O) groups excluding carboxylic acids is 1. The Labute approximate surface area is 94.3 Å². The lowest BCUT2D eigenvalue weighted by Crippen LogP contribution is -2.14. The molecule has 86 valence electrons. The van der Waals surface area contributed by atoms with Gasteiger partial charge in [-0.1, -0.05) is 6.07 Å². The predicted molar refractivity (Wildman–Crippen MR) is 60.1 cm³/mol. The van der Waals surface area contributed by atoms with Gasteiger partial charge in [0.05, 0.1) is 18.8 Å². The standard InChI is InChI=1S/C12H15NO3/c13-11-3-1-2-10(6-11)12(14)16-8-9-4-5-15-7-9/h1-3,6,9H,4-5,7-8,13H2. The van der Waals surface area contributed by atoms with Gasteiger partial charge in [-0.05, 0) is 24.6 Å². The van der Waals surface area contributed by atoms with Crippen LogP contribution in [0.4, 0.5) is 5.69 Å². The first-order chi connectivity index (χ1) is 7.75. The fraction of sp³-hybridized carbons (Fsp3) is 0.417. The molecule has 2 rings (SSSR count). The average molecular weight is 221 g/mol. The third kappa shape index (κ3) is 2.73. The molecule has 0 bridgehead atoms. The minimum absolute atomic E-state index is 0.320. The third-order valence-corrected chi connectivity index (χ3v) is 2.60. The molecule has 1 aromatic rings. The zero-order valence-electron chi connectivity index (χ0n) is 9.02. The molecular weight excluding hydrogens is 206 g/mol. The maximum absolute atomic E-state index is 11.6. The third-order valence-electron chi connectivity index (χ3n) is 2.60. The van der Waals surface area contributed by atoms with Crippen molar-refractivity contribution in [1.29, 1.82) is 0 Å². The topological polar surface area (TPSA) is 61.6 Å². The molecular formula is C12H15NO3. The molecule has 2 N–H and O–H groups in total. The van der Waals surface area contributed by atoms with E-state index in [0.29, 0.717) is 30.4 Å². The van der Waals surface area contributed by atoms with Crippen LogP contribution >= 0.6 is 0 Å². The summed E-state index contributed by atoms with van der Waals surface area (Å²) >= 11 is 0. The minimum Gasteiger partial charge on any atom is -0.462 e. The average Bonchev–Trinajstić information content (AvgIpc) is 2.78. The van der Waals surface area contributed by atoms with Crippen molar-refractivity contribution in [2.24, 2.45) is 5.92 Å². The number of benzene rings is 1. The van der Waals surface area contributed by atoms with Crippen LogP contribution in [-0.2, 0) is 9.47 Å². The number of ether oxygens (including phenoxy) is 2. The number of esters is 1. The van der Waals surface area contributed by atoms with E-state index in [-0.39, 0.29) is 5.97 Å². The molecule has 0 aliphatic carbocycles. The van der Waals surface area contributed by atoms with Crippen molar-refractivity contribution >= 4 is 11.7 Å². The first-order valence-corrected chi connectivity index (χ1v) is 5.36. The molecule has 1 unspecified atom stereocenters. The van der Waals surface area contributed by atoms with Gasteiger partial charge in [0.15, 0.2) is 0 Å². The molecule has 1 saturated heterocycles. The summed E-state index contributed by atoms with van der Waals surface area (Å²) in [5.74, 6) is 0.0178. The summed E-state index contributed by atoms with van der Waals surface area (Å²) in [5.41, 5.74) is 6.65. The van der Waals surface area contributed by atoms with Gasteiger partial charge in [-0.2, -0.15) is 0 Å². The molecule has 4 nitrogen and oxygen atoms in total. The highest BCUT2D eigenvalue weighted by molar-refractivity contribution is 5.90. The molecule has 0 spiro atoms. The Hall–Kier alpha value is -1.55. The summed E-state index contributed by atoms with van der Waals surface area (Å²) < 4.78 is 10.4. The molecule has 1 aliphatic heterocycles. The number of nitrogen functional groups attached to an aromatic ring is 1. The van der Waals surface area contributed by atoms with Gasteiger partial charge < -0.3 is 15.2 Å². The van der Waals surface area contributed by atoms with E-state index >= 15 is 0 Å². The van der Waals surface area contributed by atoms with E-state index in [0.717, 1.165) is 13.0 Å². The summed E-state index contributed by atoms with van der Waals surface area (Å²) in [6, 6.07) is 6.80. The van der Waals surface area contributed by atoms with E-state index in [1.54, 1.807) is 24.3 Å². The van der Waals surface area contributed by atoms with Crippen molar-refractivity contribution in [3.63, 3.8) is 0 Å². The lowest BCUT2D eigenvalue weighted by atomic mass is 10.1. The van der Waals surface area contributed by atoms with Crippen molar-refractivity contribution in [2.45, 2.75) is 6.42 Å². The number of nitrogens with two attached hydrogens (primary N) is 1. The number of carbonyl (C=O) groups is 1. The smallest absolute Gasteiger partial charge is 0.338 e. The Balaban J connectivity index is 1.87. The molecule has 1 fully saturated rings. The minimum atomic E-state index is -0.320. The van der Waals surface area contributed by atoms with Gasteiger partial charge in [-0.15, -0.1) is 0 Å². The Bertz CT molecular complexity index is 372. The molecule has 0 aromatic heterocycles. The number of hydrogen-bond acceptors (Lipinski definition) is 4. The molecule has 0 radical (unpaired) electrons. The summed E-state index contributed by atoms with van der Waals surface area (Å²) in [6.45, 7) is 1.87. The molecule has 1 atom stereocenters. The second kappa shape index (κ2) is 4.99. The lowest BCUT2D eigenvalue weighted by molar-refractivity contribution is 0.0428. The molecule has 4 heteroatoms. The van der Waals surface area contributed by atoms with Crippen molar-refractivity contribution < 1.29 is 14.3 Å². The summed E-state index contributed by atoms with van der Waals surface area (Å²) in [7, 11) is 0. The van der Waals surface area contributed by atoms with Gasteiger partial charge in [0.1, 0.15) is 0 Å². The lowest BCUT2D eigenvalue weighted by Gasteiger charge is -2.09. The van der Waals surface area contributed by atoms with Crippen molar-refractivity contribution in [2.75, 3.05) is 25.6 Å². The highest BCUT2D eigenvalue weighted by Gasteiger charge is 2.18. The van der Waals surface area contributed by atoms with E-state index in [1.807, 2.05) is 0 Å². The van der Waals surface area contributed by atoms with Crippen LogP contribution in [0.15, 0.2) is 24.3 Å². The van der Waals surface area contributed by atoms with Crippen LogP contribution in [-0.4, -0.2) is 25.8 Å². The zero-order chi connectivity index (χ0) is 11.4. The molecule has 0 saturated carbocycles. The quantitative estimate of drug-likeness (QED) is 0.620. The Kier molecular flexibility index (Phi) is 3.41. The second-order valence-electron chi connectivity index (χ2n) is 3.95. The van der Waals surface area contributed by atoms with Gasteiger partial charge in [-0.25, -0.2) is 4.79 Å². The zero-order valence-corrected chi connectivity index (χ0v) is 9.02. The molecule has 1 aliphatic rings. The van der Waals surface area contributed by atoms with Crippen molar-refractivity contribution in [1.82, 2.24) is 0 Å². The molecule has 0 amide bonds. The van der Waals surface area contributed by atoms with Crippen molar-refractivity contribution in [3.05, 3.63) is 29.8 Å². The fourth-order valence-electron chi connectivity index (χ4n) is 1.66. The summed E-state index contributed by atoms with van der Waals surface area (Å²) in [5, 5.41) is 0. The van der Waals surface area contributed by atoms with Crippen LogP contribution in [0.25, 0.3) is 0 Å². The fourth-order valence-corrected chi connectivity index (χ4v) is 1.66. The van der Waals surface area contributed by atoms with Gasteiger partial charge in [0, 0.05) is 18.2 Å². The van der Waals surface area contributed by atoms with Crippen molar-refractivity contribution in [3.8, 4) is 0 Å². The van der Waals surface area contributed by atoms with Crippen LogP contribution < -0.4 is 5.73 Å². The Morgan fingerprint density at radius 2 is 2.44 bits per heavy atom. The predicted octanol–water partition coefficient (Wildman–Crippen LogP) is 1.46. The van der Waals surface area contributed by atoms with E-state index in [2.05, 4.69) is 0 Å². The SMILES string of the molecule is Nc1cccc(C(=O)OCC2CCOC2)c1. The van der Waals surface area contributed by atoms with Crippen LogP contribution in [0.5, 0.6) is 0 Å². The first-order valence-electron chi connectivity index (χ1n) is 5.36. The van der Waals surface area contributed by atoms with Crippen LogP contribution in [0.1, 0.15) is 16.8 Å². The molecule has 1 heterocycles. The molecule has 1 aromatic carbocycles. The maximum Gasteiger partial charge on any atom is 0.338 e.